The van der Waals surface area contributed by atoms with Gasteiger partial charge in [0.1, 0.15) is 6.61 Å². The van der Waals surface area contributed by atoms with Gasteiger partial charge in [-0.05, 0) is 48.9 Å². The first-order valence-corrected chi connectivity index (χ1v) is 10.2. The van der Waals surface area contributed by atoms with Gasteiger partial charge >= 0.3 is 0 Å². The van der Waals surface area contributed by atoms with Crippen molar-refractivity contribution >= 4 is 35.0 Å². The molecular formula is C22H21ClN2O3S. The van der Waals surface area contributed by atoms with Crippen molar-refractivity contribution in [2.45, 2.75) is 23.7 Å². The fraction of sp³-hybridized carbons (Fsp3) is 0.182. The van der Waals surface area contributed by atoms with Gasteiger partial charge in [-0.1, -0.05) is 23.7 Å². The largest absolute Gasteiger partial charge is 0.493 e. The van der Waals surface area contributed by atoms with E-state index in [1.807, 2.05) is 43.3 Å². The molecule has 0 saturated carbocycles. The lowest BCUT2D eigenvalue weighted by molar-refractivity contribution is -0.115. The molecule has 1 heterocycles. The number of thioether (sulfide) groups is 1. The highest BCUT2D eigenvalue weighted by Crippen LogP contribution is 2.33. The minimum atomic E-state index is -0.321. The van der Waals surface area contributed by atoms with E-state index in [4.69, 9.17) is 21.1 Å². The summed E-state index contributed by atoms with van der Waals surface area (Å²) in [6, 6.07) is 16.5. The molecule has 1 aromatic heterocycles. The van der Waals surface area contributed by atoms with Gasteiger partial charge in [-0.15, -0.1) is 11.8 Å². The van der Waals surface area contributed by atoms with Gasteiger partial charge in [0.15, 0.2) is 11.5 Å². The molecule has 2 aromatic carbocycles. The Morgan fingerprint density at radius 1 is 1.14 bits per heavy atom. The highest BCUT2D eigenvalue weighted by atomic mass is 35.5. The maximum Gasteiger partial charge on any atom is 0.237 e. The number of pyridine rings is 1. The Hall–Kier alpha value is -2.70. The number of hydrogen-bond acceptors (Lipinski definition) is 5. The van der Waals surface area contributed by atoms with Crippen molar-refractivity contribution in [3.8, 4) is 11.5 Å². The quantitative estimate of drug-likeness (QED) is 0.484. The van der Waals surface area contributed by atoms with E-state index >= 15 is 0 Å². The van der Waals surface area contributed by atoms with Crippen molar-refractivity contribution in [1.29, 1.82) is 0 Å². The monoisotopic (exact) mass is 428 g/mol. The van der Waals surface area contributed by atoms with Crippen LogP contribution in [-0.4, -0.2) is 23.3 Å². The van der Waals surface area contributed by atoms with Crippen LogP contribution in [0.2, 0.25) is 5.02 Å². The summed E-state index contributed by atoms with van der Waals surface area (Å²) in [6.45, 7) is 2.21. The van der Waals surface area contributed by atoms with Crippen LogP contribution in [0.3, 0.4) is 0 Å². The first-order chi connectivity index (χ1) is 14.1. The van der Waals surface area contributed by atoms with E-state index in [2.05, 4.69) is 10.3 Å². The Labute approximate surface area is 179 Å². The summed E-state index contributed by atoms with van der Waals surface area (Å²) in [7, 11) is 1.58. The Balaban J connectivity index is 1.66. The van der Waals surface area contributed by atoms with Crippen molar-refractivity contribution in [2.75, 3.05) is 12.4 Å². The third-order valence-electron chi connectivity index (χ3n) is 4.08. The number of amides is 1. The van der Waals surface area contributed by atoms with Gasteiger partial charge < -0.3 is 14.8 Å². The number of halogens is 1. The van der Waals surface area contributed by atoms with E-state index in [0.29, 0.717) is 28.8 Å². The standard InChI is InChI=1S/C22H21ClN2O3S/c1-15(29-21-6-4-3-5-18(21)23)22(26)25-17-7-8-19(27-2)20(13-17)28-14-16-9-11-24-12-10-16/h3-13,15H,14H2,1-2H3,(H,25,26). The van der Waals surface area contributed by atoms with E-state index in [-0.39, 0.29) is 11.2 Å². The molecule has 3 aromatic rings. The summed E-state index contributed by atoms with van der Waals surface area (Å²) >= 11 is 7.60. The normalized spacial score (nSPS) is 11.6. The van der Waals surface area contributed by atoms with Gasteiger partial charge in [-0.25, -0.2) is 0 Å². The van der Waals surface area contributed by atoms with Crippen LogP contribution >= 0.6 is 23.4 Å². The van der Waals surface area contributed by atoms with Gasteiger partial charge in [-0.3, -0.25) is 9.78 Å². The molecule has 0 aliphatic rings. The number of rotatable bonds is 8. The second-order valence-electron chi connectivity index (χ2n) is 6.19. The minimum absolute atomic E-state index is 0.125. The highest BCUT2D eigenvalue weighted by molar-refractivity contribution is 8.00. The summed E-state index contributed by atoms with van der Waals surface area (Å²) in [5, 5.41) is 3.23. The molecule has 29 heavy (non-hydrogen) atoms. The SMILES string of the molecule is COc1ccc(NC(=O)C(C)Sc2ccccc2Cl)cc1OCc1ccncc1. The topological polar surface area (TPSA) is 60.5 Å². The van der Waals surface area contributed by atoms with Gasteiger partial charge in [-0.2, -0.15) is 0 Å². The molecule has 0 spiro atoms. The maximum atomic E-state index is 12.6. The van der Waals surface area contributed by atoms with E-state index < -0.39 is 0 Å². The van der Waals surface area contributed by atoms with Crippen molar-refractivity contribution in [3.05, 3.63) is 77.6 Å². The van der Waals surface area contributed by atoms with Gasteiger partial charge in [0.05, 0.1) is 17.4 Å². The van der Waals surface area contributed by atoms with Crippen molar-refractivity contribution < 1.29 is 14.3 Å². The predicted molar refractivity (Wildman–Crippen MR) is 117 cm³/mol. The van der Waals surface area contributed by atoms with Crippen LogP contribution in [0, 0.1) is 0 Å². The first kappa shape index (κ1) is 21.0. The lowest BCUT2D eigenvalue weighted by Gasteiger charge is -2.15. The maximum absolute atomic E-state index is 12.6. The molecule has 1 N–H and O–H groups in total. The van der Waals surface area contributed by atoms with Crippen LogP contribution < -0.4 is 14.8 Å². The lowest BCUT2D eigenvalue weighted by atomic mass is 10.2. The Morgan fingerprint density at radius 3 is 2.62 bits per heavy atom. The molecule has 3 rings (SSSR count). The number of hydrogen-bond donors (Lipinski definition) is 1. The van der Waals surface area contributed by atoms with Crippen molar-refractivity contribution in [1.82, 2.24) is 4.98 Å². The molecular weight excluding hydrogens is 408 g/mol. The van der Waals surface area contributed by atoms with Crippen LogP contribution in [0.5, 0.6) is 11.5 Å². The van der Waals surface area contributed by atoms with Crippen LogP contribution in [0.1, 0.15) is 12.5 Å². The van der Waals surface area contributed by atoms with E-state index in [9.17, 15) is 4.79 Å². The molecule has 0 radical (unpaired) electrons. The van der Waals surface area contributed by atoms with Gasteiger partial charge in [0.25, 0.3) is 0 Å². The third-order valence-corrected chi connectivity index (χ3v) is 5.70. The number of benzene rings is 2. The lowest BCUT2D eigenvalue weighted by Crippen LogP contribution is -2.22. The Kier molecular flexibility index (Phi) is 7.38. The molecule has 0 saturated heterocycles. The number of carbonyl (C=O) groups excluding carboxylic acids is 1. The summed E-state index contributed by atoms with van der Waals surface area (Å²) in [4.78, 5) is 17.5. The molecule has 7 heteroatoms. The summed E-state index contributed by atoms with van der Waals surface area (Å²) in [6.07, 6.45) is 3.43. The number of nitrogens with one attached hydrogen (secondary N) is 1. The molecule has 0 aliphatic heterocycles. The average molecular weight is 429 g/mol. The van der Waals surface area contributed by atoms with Crippen LogP contribution in [0.4, 0.5) is 5.69 Å². The van der Waals surface area contributed by atoms with E-state index in [1.165, 1.54) is 11.8 Å². The van der Waals surface area contributed by atoms with Crippen LogP contribution in [0.25, 0.3) is 0 Å². The fourth-order valence-corrected chi connectivity index (χ4v) is 3.69. The zero-order valence-corrected chi connectivity index (χ0v) is 17.7. The number of anilines is 1. The zero-order valence-electron chi connectivity index (χ0n) is 16.1. The van der Waals surface area contributed by atoms with Crippen LogP contribution in [0.15, 0.2) is 71.9 Å². The number of ether oxygens (including phenoxy) is 2. The summed E-state index contributed by atoms with van der Waals surface area (Å²) < 4.78 is 11.2. The molecule has 0 bridgehead atoms. The smallest absolute Gasteiger partial charge is 0.237 e. The average Bonchev–Trinajstić information content (AvgIpc) is 2.74. The number of methoxy groups -OCH3 is 1. The first-order valence-electron chi connectivity index (χ1n) is 8.98. The number of aromatic nitrogens is 1. The minimum Gasteiger partial charge on any atom is -0.493 e. The molecule has 150 valence electrons. The Bertz CT molecular complexity index is 969. The molecule has 1 atom stereocenters. The molecule has 5 nitrogen and oxygen atoms in total. The summed E-state index contributed by atoms with van der Waals surface area (Å²) in [5.41, 5.74) is 1.62. The number of carbonyl (C=O) groups is 1. The number of nitrogens with zero attached hydrogens (tertiary/aromatic N) is 1. The second-order valence-corrected chi connectivity index (χ2v) is 7.98. The highest BCUT2D eigenvalue weighted by Gasteiger charge is 2.17. The predicted octanol–water partition coefficient (Wildman–Crippen LogP) is 5.44. The zero-order chi connectivity index (χ0) is 20.6. The van der Waals surface area contributed by atoms with E-state index in [1.54, 1.807) is 37.7 Å². The van der Waals surface area contributed by atoms with E-state index in [0.717, 1.165) is 10.5 Å². The molecule has 1 amide bonds. The van der Waals surface area contributed by atoms with Crippen molar-refractivity contribution in [2.24, 2.45) is 0 Å². The Morgan fingerprint density at radius 2 is 1.90 bits per heavy atom. The van der Waals surface area contributed by atoms with Gasteiger partial charge in [0, 0.05) is 29.0 Å². The van der Waals surface area contributed by atoms with Crippen molar-refractivity contribution in [3.63, 3.8) is 0 Å². The molecule has 0 fully saturated rings. The third kappa shape index (κ3) is 5.89. The fourth-order valence-electron chi connectivity index (χ4n) is 2.54. The van der Waals surface area contributed by atoms with Crippen LogP contribution in [-0.2, 0) is 11.4 Å². The molecule has 1 unspecified atom stereocenters. The summed E-state index contributed by atoms with van der Waals surface area (Å²) in [5.74, 6) is 1.02. The second kappa shape index (κ2) is 10.2. The van der Waals surface area contributed by atoms with Gasteiger partial charge in [0.2, 0.25) is 5.91 Å². The molecule has 0 aliphatic carbocycles.